The number of hydrogen-bond donors (Lipinski definition) is 1. The van der Waals surface area contributed by atoms with E-state index in [-0.39, 0.29) is 0 Å². The fourth-order valence-electron chi connectivity index (χ4n) is 2.34. The average Bonchev–Trinajstić information content (AvgIpc) is 2.90. The molecule has 0 radical (unpaired) electrons. The van der Waals surface area contributed by atoms with Gasteiger partial charge in [-0.05, 0) is 37.1 Å². The van der Waals surface area contributed by atoms with Crippen LogP contribution in [0.3, 0.4) is 0 Å². The summed E-state index contributed by atoms with van der Waals surface area (Å²) >= 11 is 0. The number of hydrogen-bond acceptors (Lipinski definition) is 3. The predicted molar refractivity (Wildman–Crippen MR) is 73.5 cm³/mol. The van der Waals surface area contributed by atoms with Gasteiger partial charge in [0.2, 0.25) is 0 Å². The second-order valence-corrected chi connectivity index (χ2v) is 4.91. The van der Waals surface area contributed by atoms with Crippen molar-refractivity contribution in [1.82, 2.24) is 5.32 Å². The Morgan fingerprint density at radius 3 is 2.89 bits per heavy atom. The van der Waals surface area contributed by atoms with Crippen LogP contribution in [0.25, 0.3) is 0 Å². The molecule has 1 aromatic rings. The van der Waals surface area contributed by atoms with Crippen molar-refractivity contribution in [3.05, 3.63) is 23.8 Å². The molecule has 0 spiro atoms. The van der Waals surface area contributed by atoms with Crippen molar-refractivity contribution < 1.29 is 9.47 Å². The first kappa shape index (κ1) is 13.2. The second-order valence-electron chi connectivity index (χ2n) is 4.91. The molecule has 1 aliphatic heterocycles. The maximum Gasteiger partial charge on any atom is 0.161 e. The zero-order valence-electron chi connectivity index (χ0n) is 11.4. The predicted octanol–water partition coefficient (Wildman–Crippen LogP) is 2.64. The van der Waals surface area contributed by atoms with Crippen molar-refractivity contribution >= 4 is 0 Å². The van der Waals surface area contributed by atoms with Crippen LogP contribution in [0, 0.1) is 5.92 Å². The van der Waals surface area contributed by atoms with Gasteiger partial charge in [0.1, 0.15) is 0 Å². The summed E-state index contributed by atoms with van der Waals surface area (Å²) in [5.74, 6) is 2.35. The first-order chi connectivity index (χ1) is 8.83. The summed E-state index contributed by atoms with van der Waals surface area (Å²) in [5, 5.41) is 3.35. The molecule has 1 saturated heterocycles. The molecule has 3 heteroatoms. The molecule has 1 N–H and O–H groups in total. The Labute approximate surface area is 109 Å². The second kappa shape index (κ2) is 6.64. The topological polar surface area (TPSA) is 30.5 Å². The molecule has 100 valence electrons. The van der Waals surface area contributed by atoms with Gasteiger partial charge in [0.05, 0.1) is 13.7 Å². The van der Waals surface area contributed by atoms with Crippen molar-refractivity contribution in [2.45, 2.75) is 26.2 Å². The monoisotopic (exact) mass is 249 g/mol. The van der Waals surface area contributed by atoms with Crippen LogP contribution in [0.5, 0.6) is 11.5 Å². The van der Waals surface area contributed by atoms with E-state index in [1.54, 1.807) is 7.11 Å². The van der Waals surface area contributed by atoms with Crippen LogP contribution in [0.4, 0.5) is 0 Å². The zero-order valence-corrected chi connectivity index (χ0v) is 11.4. The normalized spacial score (nSPS) is 18.9. The summed E-state index contributed by atoms with van der Waals surface area (Å²) in [7, 11) is 1.70. The van der Waals surface area contributed by atoms with Gasteiger partial charge in [-0.1, -0.05) is 19.4 Å². The molecular weight excluding hydrogens is 226 g/mol. The van der Waals surface area contributed by atoms with Gasteiger partial charge >= 0.3 is 0 Å². The van der Waals surface area contributed by atoms with Gasteiger partial charge in [0.25, 0.3) is 0 Å². The van der Waals surface area contributed by atoms with Gasteiger partial charge in [-0.15, -0.1) is 0 Å². The van der Waals surface area contributed by atoms with E-state index in [0.717, 1.165) is 44.0 Å². The van der Waals surface area contributed by atoms with E-state index in [9.17, 15) is 0 Å². The van der Waals surface area contributed by atoms with E-state index in [2.05, 4.69) is 24.4 Å². The Morgan fingerprint density at radius 1 is 1.33 bits per heavy atom. The maximum atomic E-state index is 5.88. The van der Waals surface area contributed by atoms with Gasteiger partial charge in [-0.3, -0.25) is 0 Å². The van der Waals surface area contributed by atoms with E-state index >= 15 is 0 Å². The molecule has 0 bridgehead atoms. The molecule has 0 amide bonds. The Hall–Kier alpha value is -1.22. The standard InChI is InChI=1S/C15H23NO2/c1-3-4-12-5-6-14(15(9-12)17-2)18-11-13-7-8-16-10-13/h5-6,9,13,16H,3-4,7-8,10-11H2,1-2H3. The molecule has 1 atom stereocenters. The Balaban J connectivity index is 1.97. The van der Waals surface area contributed by atoms with E-state index in [1.165, 1.54) is 12.0 Å². The van der Waals surface area contributed by atoms with Crippen LogP contribution in [0.15, 0.2) is 18.2 Å². The summed E-state index contributed by atoms with van der Waals surface area (Å²) in [4.78, 5) is 0. The van der Waals surface area contributed by atoms with Gasteiger partial charge in [-0.2, -0.15) is 0 Å². The molecule has 18 heavy (non-hydrogen) atoms. The van der Waals surface area contributed by atoms with E-state index in [4.69, 9.17) is 9.47 Å². The van der Waals surface area contributed by atoms with E-state index < -0.39 is 0 Å². The van der Waals surface area contributed by atoms with Crippen LogP contribution in [-0.2, 0) is 6.42 Å². The molecule has 1 fully saturated rings. The number of nitrogens with one attached hydrogen (secondary N) is 1. The Kier molecular flexibility index (Phi) is 4.88. The molecule has 0 aromatic heterocycles. The minimum absolute atomic E-state index is 0.630. The van der Waals surface area contributed by atoms with Crippen LogP contribution in [-0.4, -0.2) is 26.8 Å². The minimum Gasteiger partial charge on any atom is -0.493 e. The number of benzene rings is 1. The molecule has 0 saturated carbocycles. The first-order valence-electron chi connectivity index (χ1n) is 6.84. The highest BCUT2D eigenvalue weighted by molar-refractivity contribution is 5.43. The zero-order chi connectivity index (χ0) is 12.8. The lowest BCUT2D eigenvalue weighted by molar-refractivity contribution is 0.247. The Bertz CT molecular complexity index is 373. The van der Waals surface area contributed by atoms with Crippen molar-refractivity contribution in [2.24, 2.45) is 5.92 Å². The van der Waals surface area contributed by atoms with Crippen LogP contribution >= 0.6 is 0 Å². The third-order valence-corrected chi connectivity index (χ3v) is 3.40. The molecule has 0 aliphatic carbocycles. The number of aryl methyl sites for hydroxylation is 1. The molecule has 1 aromatic carbocycles. The molecule has 1 aliphatic rings. The maximum absolute atomic E-state index is 5.88. The largest absolute Gasteiger partial charge is 0.493 e. The molecule has 1 unspecified atom stereocenters. The van der Waals surface area contributed by atoms with Crippen molar-refractivity contribution in [2.75, 3.05) is 26.8 Å². The molecular formula is C15H23NO2. The summed E-state index contributed by atoms with van der Waals surface area (Å²) in [6, 6.07) is 6.26. The number of rotatable bonds is 6. The summed E-state index contributed by atoms with van der Waals surface area (Å²) < 4.78 is 11.3. The molecule has 2 rings (SSSR count). The number of ether oxygens (including phenoxy) is 2. The van der Waals surface area contributed by atoms with Crippen LogP contribution in [0.2, 0.25) is 0 Å². The first-order valence-corrected chi connectivity index (χ1v) is 6.84. The quantitative estimate of drug-likeness (QED) is 0.840. The number of methoxy groups -OCH3 is 1. The lowest BCUT2D eigenvalue weighted by Crippen LogP contribution is -2.15. The van der Waals surface area contributed by atoms with Crippen LogP contribution in [0.1, 0.15) is 25.3 Å². The average molecular weight is 249 g/mol. The lowest BCUT2D eigenvalue weighted by Gasteiger charge is -2.14. The van der Waals surface area contributed by atoms with Gasteiger partial charge in [0, 0.05) is 12.5 Å². The summed E-state index contributed by atoms with van der Waals surface area (Å²) in [5.41, 5.74) is 1.31. The molecule has 1 heterocycles. The highest BCUT2D eigenvalue weighted by atomic mass is 16.5. The van der Waals surface area contributed by atoms with Crippen LogP contribution < -0.4 is 14.8 Å². The van der Waals surface area contributed by atoms with Gasteiger partial charge in [-0.25, -0.2) is 0 Å². The van der Waals surface area contributed by atoms with Gasteiger partial charge in [0.15, 0.2) is 11.5 Å². The summed E-state index contributed by atoms with van der Waals surface area (Å²) in [6.45, 7) is 5.14. The highest BCUT2D eigenvalue weighted by Crippen LogP contribution is 2.29. The van der Waals surface area contributed by atoms with Crippen molar-refractivity contribution in [3.8, 4) is 11.5 Å². The third kappa shape index (κ3) is 3.39. The smallest absolute Gasteiger partial charge is 0.161 e. The third-order valence-electron chi connectivity index (χ3n) is 3.40. The molecule has 3 nitrogen and oxygen atoms in total. The lowest BCUT2D eigenvalue weighted by atomic mass is 10.1. The fourth-order valence-corrected chi connectivity index (χ4v) is 2.34. The van der Waals surface area contributed by atoms with E-state index in [1.807, 2.05) is 6.07 Å². The fraction of sp³-hybridized carbons (Fsp3) is 0.600. The highest BCUT2D eigenvalue weighted by Gasteiger charge is 2.16. The Morgan fingerprint density at radius 2 is 2.22 bits per heavy atom. The summed E-state index contributed by atoms with van der Waals surface area (Å²) in [6.07, 6.45) is 3.44. The van der Waals surface area contributed by atoms with Gasteiger partial charge < -0.3 is 14.8 Å². The van der Waals surface area contributed by atoms with Crippen molar-refractivity contribution in [1.29, 1.82) is 0 Å². The van der Waals surface area contributed by atoms with Crippen molar-refractivity contribution in [3.63, 3.8) is 0 Å². The van der Waals surface area contributed by atoms with E-state index in [0.29, 0.717) is 5.92 Å². The SMILES string of the molecule is CCCc1ccc(OCC2CCNC2)c(OC)c1. The minimum atomic E-state index is 0.630.